The zero-order chi connectivity index (χ0) is 14.3. The van der Waals surface area contributed by atoms with E-state index in [1.54, 1.807) is 6.07 Å². The molecule has 1 aromatic heterocycles. The molecule has 2 heterocycles. The van der Waals surface area contributed by atoms with Crippen molar-refractivity contribution in [1.82, 2.24) is 8.75 Å². The normalized spacial score (nSPS) is 22.0. The topological polar surface area (TPSA) is 72.0 Å². The summed E-state index contributed by atoms with van der Waals surface area (Å²) in [4.78, 5) is 0. The molecule has 1 aliphatic heterocycles. The van der Waals surface area contributed by atoms with E-state index in [9.17, 15) is 8.42 Å². The van der Waals surface area contributed by atoms with Crippen LogP contribution in [-0.2, 0) is 9.84 Å². The van der Waals surface area contributed by atoms with Gasteiger partial charge in [0, 0.05) is 6.04 Å². The standard InChI is InChI=1S/C11H11Cl2N3O2S2/c12-7-4-8(13)10-11(16-19-15-10)9(7)14-6-2-1-3-20(17,18)5-6/h4,6,14H,1-3,5H2. The van der Waals surface area contributed by atoms with E-state index in [0.717, 1.165) is 18.1 Å². The van der Waals surface area contributed by atoms with Crippen molar-refractivity contribution >= 4 is 61.5 Å². The summed E-state index contributed by atoms with van der Waals surface area (Å²) in [7, 11) is -2.98. The van der Waals surface area contributed by atoms with Crippen LogP contribution in [0.1, 0.15) is 12.8 Å². The molecule has 0 bridgehead atoms. The largest absolute Gasteiger partial charge is 0.378 e. The second kappa shape index (κ2) is 5.29. The van der Waals surface area contributed by atoms with Crippen LogP contribution in [0.25, 0.3) is 11.0 Å². The van der Waals surface area contributed by atoms with Gasteiger partial charge in [0.2, 0.25) is 0 Å². The highest BCUT2D eigenvalue weighted by Gasteiger charge is 2.26. The maximum Gasteiger partial charge on any atom is 0.152 e. The number of hydrogen-bond donors (Lipinski definition) is 1. The summed E-state index contributed by atoms with van der Waals surface area (Å²) in [5.74, 6) is 0.373. The Balaban J connectivity index is 1.97. The molecule has 0 spiro atoms. The lowest BCUT2D eigenvalue weighted by Gasteiger charge is -2.24. The minimum atomic E-state index is -2.98. The number of aromatic nitrogens is 2. The molecule has 5 nitrogen and oxygen atoms in total. The van der Waals surface area contributed by atoms with Crippen LogP contribution in [0.4, 0.5) is 5.69 Å². The number of sulfone groups is 1. The van der Waals surface area contributed by atoms with E-state index < -0.39 is 9.84 Å². The molecule has 1 aromatic carbocycles. The monoisotopic (exact) mass is 351 g/mol. The highest BCUT2D eigenvalue weighted by molar-refractivity contribution is 7.91. The van der Waals surface area contributed by atoms with Gasteiger partial charge in [-0.25, -0.2) is 8.42 Å². The van der Waals surface area contributed by atoms with Crippen LogP contribution in [0.5, 0.6) is 0 Å². The Morgan fingerprint density at radius 3 is 2.75 bits per heavy atom. The zero-order valence-electron chi connectivity index (χ0n) is 10.3. The fourth-order valence-electron chi connectivity index (χ4n) is 2.35. The van der Waals surface area contributed by atoms with E-state index in [2.05, 4.69) is 14.1 Å². The molecule has 9 heteroatoms. The van der Waals surface area contributed by atoms with Crippen LogP contribution in [0.3, 0.4) is 0 Å². The molecule has 1 atom stereocenters. The Bertz CT molecular complexity index is 760. The molecule has 1 unspecified atom stereocenters. The molecule has 0 amide bonds. The van der Waals surface area contributed by atoms with E-state index >= 15 is 0 Å². The van der Waals surface area contributed by atoms with E-state index in [-0.39, 0.29) is 17.5 Å². The molecule has 1 N–H and O–H groups in total. The van der Waals surface area contributed by atoms with Crippen LogP contribution in [-0.4, -0.2) is 34.7 Å². The first kappa shape index (κ1) is 14.3. The molecule has 1 saturated heterocycles. The fraction of sp³-hybridized carbons (Fsp3) is 0.455. The third-order valence-electron chi connectivity index (χ3n) is 3.26. The number of nitrogens with zero attached hydrogens (tertiary/aromatic N) is 2. The quantitative estimate of drug-likeness (QED) is 0.900. The summed E-state index contributed by atoms with van der Waals surface area (Å²) >= 11 is 13.3. The Hall–Kier alpha value is -0.630. The van der Waals surface area contributed by atoms with Gasteiger partial charge in [-0.2, -0.15) is 8.75 Å². The van der Waals surface area contributed by atoms with Gasteiger partial charge >= 0.3 is 0 Å². The van der Waals surface area contributed by atoms with Gasteiger partial charge in [-0.3, -0.25) is 0 Å². The zero-order valence-corrected chi connectivity index (χ0v) is 13.4. The van der Waals surface area contributed by atoms with Crippen molar-refractivity contribution in [2.75, 3.05) is 16.8 Å². The molecule has 3 rings (SSSR count). The van der Waals surface area contributed by atoms with E-state index in [0.29, 0.717) is 33.2 Å². The van der Waals surface area contributed by atoms with Crippen molar-refractivity contribution in [3.63, 3.8) is 0 Å². The average Bonchev–Trinajstić information content (AvgIpc) is 2.82. The second-order valence-corrected chi connectivity index (χ2v) is 8.35. The van der Waals surface area contributed by atoms with Gasteiger partial charge in [-0.05, 0) is 18.9 Å². The molecule has 1 aliphatic rings. The third-order valence-corrected chi connectivity index (χ3v) is 6.19. The Labute approximate surface area is 130 Å². The minimum absolute atomic E-state index is 0.116. The second-order valence-electron chi connectivity index (χ2n) is 4.77. The summed E-state index contributed by atoms with van der Waals surface area (Å²) in [5.41, 5.74) is 1.79. The number of anilines is 1. The van der Waals surface area contributed by atoms with E-state index in [4.69, 9.17) is 23.2 Å². The third kappa shape index (κ3) is 2.72. The smallest absolute Gasteiger partial charge is 0.152 e. The Morgan fingerprint density at radius 1 is 1.25 bits per heavy atom. The summed E-state index contributed by atoms with van der Waals surface area (Å²) in [6.45, 7) is 0. The molecular formula is C11H11Cl2N3O2S2. The number of nitrogens with one attached hydrogen (secondary N) is 1. The van der Waals surface area contributed by atoms with Gasteiger partial charge in [0.1, 0.15) is 11.0 Å². The molecule has 108 valence electrons. The fourth-order valence-corrected chi connectivity index (χ4v) is 5.16. The van der Waals surface area contributed by atoms with Crippen molar-refractivity contribution in [2.24, 2.45) is 0 Å². The maximum absolute atomic E-state index is 11.7. The molecule has 0 radical (unpaired) electrons. The van der Waals surface area contributed by atoms with Crippen LogP contribution >= 0.6 is 34.9 Å². The first-order valence-electron chi connectivity index (χ1n) is 6.03. The predicted molar refractivity (Wildman–Crippen MR) is 82.7 cm³/mol. The van der Waals surface area contributed by atoms with Crippen LogP contribution in [0.15, 0.2) is 6.07 Å². The van der Waals surface area contributed by atoms with E-state index in [1.165, 1.54) is 0 Å². The number of rotatable bonds is 2. The lowest BCUT2D eigenvalue weighted by atomic mass is 10.1. The SMILES string of the molecule is O=S1(=O)CCCC(Nc2c(Cl)cc(Cl)c3nsnc23)C1. The highest BCUT2D eigenvalue weighted by atomic mass is 35.5. The molecule has 20 heavy (non-hydrogen) atoms. The van der Waals surface area contributed by atoms with Gasteiger partial charge in [0.15, 0.2) is 9.84 Å². The lowest BCUT2D eigenvalue weighted by Crippen LogP contribution is -2.34. The van der Waals surface area contributed by atoms with Crippen LogP contribution < -0.4 is 5.32 Å². The first-order chi connectivity index (χ1) is 9.46. The van der Waals surface area contributed by atoms with Crippen LogP contribution in [0, 0.1) is 0 Å². The number of halogens is 2. The van der Waals surface area contributed by atoms with Crippen LogP contribution in [0.2, 0.25) is 10.0 Å². The Kier molecular flexibility index (Phi) is 3.79. The van der Waals surface area contributed by atoms with Gasteiger partial charge in [-0.1, -0.05) is 23.2 Å². The number of benzene rings is 1. The van der Waals surface area contributed by atoms with Crippen molar-refractivity contribution in [2.45, 2.75) is 18.9 Å². The molecule has 0 aliphatic carbocycles. The van der Waals surface area contributed by atoms with Gasteiger partial charge < -0.3 is 5.32 Å². The number of hydrogen-bond acceptors (Lipinski definition) is 6. The maximum atomic E-state index is 11.7. The lowest BCUT2D eigenvalue weighted by molar-refractivity contribution is 0.562. The average molecular weight is 352 g/mol. The number of fused-ring (bicyclic) bond motifs is 1. The summed E-state index contributed by atoms with van der Waals surface area (Å²) < 4.78 is 31.7. The van der Waals surface area contributed by atoms with Gasteiger partial charge in [0.25, 0.3) is 0 Å². The van der Waals surface area contributed by atoms with Gasteiger partial charge in [-0.15, -0.1) is 0 Å². The first-order valence-corrected chi connectivity index (χ1v) is 9.34. The van der Waals surface area contributed by atoms with Crippen molar-refractivity contribution in [3.05, 3.63) is 16.1 Å². The molecular weight excluding hydrogens is 341 g/mol. The summed E-state index contributed by atoms with van der Waals surface area (Å²) in [6, 6.07) is 1.45. The minimum Gasteiger partial charge on any atom is -0.378 e. The van der Waals surface area contributed by atoms with Crippen molar-refractivity contribution < 1.29 is 8.42 Å². The van der Waals surface area contributed by atoms with Crippen molar-refractivity contribution in [1.29, 1.82) is 0 Å². The molecule has 2 aromatic rings. The van der Waals surface area contributed by atoms with Gasteiger partial charge in [0.05, 0.1) is 39.0 Å². The van der Waals surface area contributed by atoms with E-state index in [1.807, 2.05) is 0 Å². The molecule has 0 saturated carbocycles. The predicted octanol–water partition coefficient (Wildman–Crippen LogP) is 2.99. The van der Waals surface area contributed by atoms with Crippen molar-refractivity contribution in [3.8, 4) is 0 Å². The Morgan fingerprint density at radius 2 is 2.00 bits per heavy atom. The summed E-state index contributed by atoms with van der Waals surface area (Å²) in [5, 5.41) is 4.07. The highest BCUT2D eigenvalue weighted by Crippen LogP contribution is 2.36. The summed E-state index contributed by atoms with van der Waals surface area (Å²) in [6.07, 6.45) is 1.45. The molecule has 1 fully saturated rings.